The first kappa shape index (κ1) is 23.8. The van der Waals surface area contributed by atoms with Gasteiger partial charge in [0.05, 0.1) is 26.3 Å². The van der Waals surface area contributed by atoms with Crippen LogP contribution in [0.15, 0.2) is 53.5 Å². The molecule has 0 spiro atoms. The molecule has 0 aromatic heterocycles. The molecule has 0 bridgehead atoms. The van der Waals surface area contributed by atoms with Crippen LogP contribution in [0.2, 0.25) is 0 Å². The third-order valence-corrected chi connectivity index (χ3v) is 5.51. The molecule has 2 aromatic carbocycles. The van der Waals surface area contributed by atoms with Crippen molar-refractivity contribution >= 4 is 29.9 Å². The summed E-state index contributed by atoms with van der Waals surface area (Å²) < 4.78 is 11.4. The van der Waals surface area contributed by atoms with Crippen molar-refractivity contribution < 1.29 is 9.47 Å². The summed E-state index contributed by atoms with van der Waals surface area (Å²) >= 11 is 0. The minimum Gasteiger partial charge on any atom is -0.488 e. The number of morpholine rings is 1. The first-order chi connectivity index (χ1) is 14.8. The SMILES string of the molecule is CCNC(=NCc1ccc(CN2CCOCC2)cc1)NCC1Cc2ccccc2O1.I. The van der Waals surface area contributed by atoms with Gasteiger partial charge in [-0.2, -0.15) is 0 Å². The van der Waals surface area contributed by atoms with E-state index in [2.05, 4.69) is 58.9 Å². The maximum absolute atomic E-state index is 6.02. The maximum atomic E-state index is 6.02. The van der Waals surface area contributed by atoms with Gasteiger partial charge >= 0.3 is 0 Å². The quantitative estimate of drug-likeness (QED) is 0.324. The van der Waals surface area contributed by atoms with Gasteiger partial charge in [0.15, 0.2) is 5.96 Å². The average Bonchev–Trinajstić information content (AvgIpc) is 3.20. The third kappa shape index (κ3) is 7.08. The van der Waals surface area contributed by atoms with Gasteiger partial charge in [0.2, 0.25) is 0 Å². The number of guanidine groups is 1. The molecule has 6 nitrogen and oxygen atoms in total. The molecule has 7 heteroatoms. The van der Waals surface area contributed by atoms with Crippen molar-refractivity contribution in [3.05, 3.63) is 65.2 Å². The molecular weight excluding hydrogens is 503 g/mol. The summed E-state index contributed by atoms with van der Waals surface area (Å²) in [7, 11) is 0. The molecule has 0 radical (unpaired) electrons. The summed E-state index contributed by atoms with van der Waals surface area (Å²) in [4.78, 5) is 7.19. The van der Waals surface area contributed by atoms with Gasteiger partial charge in [-0.25, -0.2) is 4.99 Å². The number of nitrogens with zero attached hydrogens (tertiary/aromatic N) is 2. The van der Waals surface area contributed by atoms with Crippen LogP contribution in [0, 0.1) is 0 Å². The Morgan fingerprint density at radius 3 is 2.52 bits per heavy atom. The topological polar surface area (TPSA) is 58.1 Å². The van der Waals surface area contributed by atoms with Crippen LogP contribution in [-0.2, 0) is 24.2 Å². The van der Waals surface area contributed by atoms with E-state index in [-0.39, 0.29) is 30.1 Å². The van der Waals surface area contributed by atoms with Crippen LogP contribution < -0.4 is 15.4 Å². The highest BCUT2D eigenvalue weighted by Crippen LogP contribution is 2.27. The largest absolute Gasteiger partial charge is 0.488 e. The van der Waals surface area contributed by atoms with Crippen LogP contribution in [0.1, 0.15) is 23.6 Å². The van der Waals surface area contributed by atoms with E-state index in [0.29, 0.717) is 6.54 Å². The van der Waals surface area contributed by atoms with Crippen molar-refractivity contribution in [1.29, 1.82) is 0 Å². The molecule has 2 aliphatic rings. The van der Waals surface area contributed by atoms with Crippen molar-refractivity contribution in [2.75, 3.05) is 39.4 Å². The molecule has 2 aromatic rings. The highest BCUT2D eigenvalue weighted by atomic mass is 127. The Labute approximate surface area is 202 Å². The summed E-state index contributed by atoms with van der Waals surface area (Å²) in [5, 5.41) is 6.76. The van der Waals surface area contributed by atoms with Crippen molar-refractivity contribution in [1.82, 2.24) is 15.5 Å². The predicted molar refractivity (Wildman–Crippen MR) is 135 cm³/mol. The van der Waals surface area contributed by atoms with E-state index < -0.39 is 0 Å². The Balaban J connectivity index is 0.00000272. The van der Waals surface area contributed by atoms with Crippen molar-refractivity contribution in [2.24, 2.45) is 4.99 Å². The summed E-state index contributed by atoms with van der Waals surface area (Å²) in [5.41, 5.74) is 3.83. The number of fused-ring (bicyclic) bond motifs is 1. The van der Waals surface area contributed by atoms with Crippen LogP contribution in [0.5, 0.6) is 5.75 Å². The first-order valence-electron chi connectivity index (χ1n) is 10.9. The molecule has 2 heterocycles. The van der Waals surface area contributed by atoms with Gasteiger partial charge in [-0.3, -0.25) is 4.90 Å². The number of hydrogen-bond acceptors (Lipinski definition) is 4. The lowest BCUT2D eigenvalue weighted by Gasteiger charge is -2.26. The first-order valence-corrected chi connectivity index (χ1v) is 10.9. The van der Waals surface area contributed by atoms with E-state index in [1.807, 2.05) is 12.1 Å². The second-order valence-corrected chi connectivity index (χ2v) is 7.83. The fourth-order valence-corrected chi connectivity index (χ4v) is 3.86. The van der Waals surface area contributed by atoms with Gasteiger partial charge in [0.25, 0.3) is 0 Å². The van der Waals surface area contributed by atoms with E-state index >= 15 is 0 Å². The molecule has 2 aliphatic heterocycles. The second kappa shape index (κ2) is 12.3. The molecule has 1 unspecified atom stereocenters. The molecule has 1 fully saturated rings. The Kier molecular flexibility index (Phi) is 9.42. The van der Waals surface area contributed by atoms with Crippen molar-refractivity contribution in [2.45, 2.75) is 32.5 Å². The number of ether oxygens (including phenoxy) is 2. The number of aliphatic imine (C=N–C) groups is 1. The molecular formula is C24H33IN4O2. The lowest BCUT2D eigenvalue weighted by molar-refractivity contribution is 0.0342. The fourth-order valence-electron chi connectivity index (χ4n) is 3.86. The van der Waals surface area contributed by atoms with E-state index in [4.69, 9.17) is 14.5 Å². The van der Waals surface area contributed by atoms with Crippen LogP contribution in [-0.4, -0.2) is 56.4 Å². The maximum Gasteiger partial charge on any atom is 0.191 e. The average molecular weight is 536 g/mol. The Bertz CT molecular complexity index is 813. The molecule has 31 heavy (non-hydrogen) atoms. The zero-order chi connectivity index (χ0) is 20.6. The highest BCUT2D eigenvalue weighted by Gasteiger charge is 2.22. The van der Waals surface area contributed by atoms with Gasteiger partial charge in [-0.1, -0.05) is 42.5 Å². The van der Waals surface area contributed by atoms with Gasteiger partial charge in [-0.15, -0.1) is 24.0 Å². The number of halogens is 1. The fraction of sp³-hybridized carbons (Fsp3) is 0.458. The number of benzene rings is 2. The minimum absolute atomic E-state index is 0. The minimum atomic E-state index is 0. The highest BCUT2D eigenvalue weighted by molar-refractivity contribution is 14.0. The number of para-hydroxylation sites is 1. The number of nitrogens with one attached hydrogen (secondary N) is 2. The Morgan fingerprint density at radius 1 is 1.03 bits per heavy atom. The van der Waals surface area contributed by atoms with Gasteiger partial charge in [0, 0.05) is 32.6 Å². The van der Waals surface area contributed by atoms with Crippen LogP contribution >= 0.6 is 24.0 Å². The van der Waals surface area contributed by atoms with E-state index in [1.54, 1.807) is 0 Å². The molecule has 1 saturated heterocycles. The smallest absolute Gasteiger partial charge is 0.191 e. The lowest BCUT2D eigenvalue weighted by Crippen LogP contribution is -2.42. The van der Waals surface area contributed by atoms with Gasteiger partial charge in [-0.05, 0) is 29.7 Å². The molecule has 4 rings (SSSR count). The number of rotatable bonds is 7. The van der Waals surface area contributed by atoms with Gasteiger partial charge < -0.3 is 20.1 Å². The van der Waals surface area contributed by atoms with Crippen LogP contribution in [0.4, 0.5) is 0 Å². The summed E-state index contributed by atoms with van der Waals surface area (Å²) in [6, 6.07) is 17.0. The zero-order valence-electron chi connectivity index (χ0n) is 18.2. The monoisotopic (exact) mass is 536 g/mol. The van der Waals surface area contributed by atoms with Crippen LogP contribution in [0.25, 0.3) is 0 Å². The van der Waals surface area contributed by atoms with Crippen molar-refractivity contribution in [3.63, 3.8) is 0 Å². The number of hydrogen-bond donors (Lipinski definition) is 2. The van der Waals surface area contributed by atoms with E-state index in [9.17, 15) is 0 Å². The molecule has 0 saturated carbocycles. The van der Waals surface area contributed by atoms with E-state index in [0.717, 1.165) is 64.1 Å². The molecule has 168 valence electrons. The summed E-state index contributed by atoms with van der Waals surface area (Å²) in [6.07, 6.45) is 1.08. The molecule has 0 amide bonds. The summed E-state index contributed by atoms with van der Waals surface area (Å²) in [6.45, 7) is 8.99. The zero-order valence-corrected chi connectivity index (χ0v) is 20.5. The molecule has 0 aliphatic carbocycles. The second-order valence-electron chi connectivity index (χ2n) is 7.83. The Morgan fingerprint density at radius 2 is 1.77 bits per heavy atom. The van der Waals surface area contributed by atoms with Gasteiger partial charge in [0.1, 0.15) is 11.9 Å². The predicted octanol–water partition coefficient (Wildman–Crippen LogP) is 3.20. The Hall–Kier alpha value is -1.84. The lowest BCUT2D eigenvalue weighted by atomic mass is 10.1. The third-order valence-electron chi connectivity index (χ3n) is 5.51. The molecule has 1 atom stereocenters. The van der Waals surface area contributed by atoms with Crippen LogP contribution in [0.3, 0.4) is 0 Å². The summed E-state index contributed by atoms with van der Waals surface area (Å²) in [5.74, 6) is 1.83. The standard InChI is InChI=1S/C24H32N4O2.HI/c1-2-25-24(27-17-22-15-21-5-3-4-6-23(21)30-22)26-16-19-7-9-20(10-8-19)18-28-11-13-29-14-12-28;/h3-10,22H,2,11-18H2,1H3,(H2,25,26,27);1H. The molecule has 2 N–H and O–H groups in total. The van der Waals surface area contributed by atoms with Crippen molar-refractivity contribution in [3.8, 4) is 5.75 Å². The van der Waals surface area contributed by atoms with E-state index in [1.165, 1.54) is 16.7 Å². The normalized spacial score (nSPS) is 18.6.